The molecule has 0 aromatic heterocycles. The topological polar surface area (TPSA) is 75.7 Å². The molecule has 1 heterocycles. The number of rotatable bonds is 8. The maximum absolute atomic E-state index is 12.5. The summed E-state index contributed by atoms with van der Waals surface area (Å²) in [6.07, 6.45) is 1.84. The first kappa shape index (κ1) is 21.9. The Morgan fingerprint density at radius 1 is 1.17 bits per heavy atom. The molecule has 1 fully saturated rings. The highest BCUT2D eigenvalue weighted by Crippen LogP contribution is 2.25. The number of amides is 2. The summed E-state index contributed by atoms with van der Waals surface area (Å²) in [5.74, 6) is -1.50. The summed E-state index contributed by atoms with van der Waals surface area (Å²) >= 11 is 1.52. The minimum absolute atomic E-state index is 0.0566. The molecular formula is C23H26N2O4S. The molecule has 2 aromatic rings. The predicted octanol–water partition coefficient (Wildman–Crippen LogP) is 3.37. The summed E-state index contributed by atoms with van der Waals surface area (Å²) in [7, 11) is 0. The lowest BCUT2D eigenvalue weighted by Gasteiger charge is -2.18. The number of carbonyl (C=O) groups excluding carboxylic acids is 3. The van der Waals surface area contributed by atoms with Gasteiger partial charge in [-0.05, 0) is 37.3 Å². The first-order chi connectivity index (χ1) is 14.5. The molecule has 2 aromatic carbocycles. The molecule has 0 spiro atoms. The highest BCUT2D eigenvalue weighted by Gasteiger charge is 2.36. The molecule has 0 radical (unpaired) electrons. The summed E-state index contributed by atoms with van der Waals surface area (Å²) < 4.78 is 5.36. The first-order valence-electron chi connectivity index (χ1n) is 9.94. The van der Waals surface area contributed by atoms with Crippen LogP contribution in [0.4, 0.5) is 5.69 Å². The molecule has 30 heavy (non-hydrogen) atoms. The van der Waals surface area contributed by atoms with Crippen LogP contribution in [0.1, 0.15) is 18.9 Å². The van der Waals surface area contributed by atoms with Crippen molar-refractivity contribution >= 4 is 35.2 Å². The molecule has 7 heteroatoms. The van der Waals surface area contributed by atoms with Gasteiger partial charge in [0, 0.05) is 24.4 Å². The number of hydrogen-bond acceptors (Lipinski definition) is 5. The van der Waals surface area contributed by atoms with Crippen LogP contribution in [0, 0.1) is 5.92 Å². The second-order valence-electron chi connectivity index (χ2n) is 7.25. The van der Waals surface area contributed by atoms with Crippen LogP contribution in [-0.4, -0.2) is 48.1 Å². The Kier molecular flexibility index (Phi) is 7.52. The van der Waals surface area contributed by atoms with Gasteiger partial charge in [-0.1, -0.05) is 42.5 Å². The van der Waals surface area contributed by atoms with Crippen LogP contribution in [-0.2, 0) is 25.5 Å². The summed E-state index contributed by atoms with van der Waals surface area (Å²) in [6, 6.07) is 17.4. The molecule has 0 bridgehead atoms. The van der Waals surface area contributed by atoms with Gasteiger partial charge in [0.1, 0.15) is 0 Å². The maximum atomic E-state index is 12.5. The fourth-order valence-corrected chi connectivity index (χ4v) is 3.91. The molecule has 6 nitrogen and oxygen atoms in total. The highest BCUT2D eigenvalue weighted by molar-refractivity contribution is 7.98. The van der Waals surface area contributed by atoms with Crippen molar-refractivity contribution in [2.45, 2.75) is 30.8 Å². The minimum atomic E-state index is -0.944. The van der Waals surface area contributed by atoms with Gasteiger partial charge in [0.05, 0.1) is 11.6 Å². The third kappa shape index (κ3) is 5.63. The number of ether oxygens (including phenoxy) is 1. The molecule has 2 atom stereocenters. The Bertz CT molecular complexity index is 903. The number of para-hydroxylation sites is 1. The summed E-state index contributed by atoms with van der Waals surface area (Å²) in [5.41, 5.74) is 1.83. The lowest BCUT2D eigenvalue weighted by molar-refractivity contribution is -0.157. The Balaban J connectivity index is 1.50. The number of likely N-dealkylation sites (tertiary alicyclic amines) is 1. The zero-order chi connectivity index (χ0) is 21.5. The van der Waals surface area contributed by atoms with E-state index in [9.17, 15) is 14.4 Å². The Morgan fingerprint density at radius 3 is 2.60 bits per heavy atom. The lowest BCUT2D eigenvalue weighted by atomic mass is 10.1. The van der Waals surface area contributed by atoms with Gasteiger partial charge in [-0.25, -0.2) is 0 Å². The van der Waals surface area contributed by atoms with E-state index in [1.54, 1.807) is 17.9 Å². The van der Waals surface area contributed by atoms with Gasteiger partial charge in [-0.2, -0.15) is 0 Å². The monoisotopic (exact) mass is 426 g/mol. The Hall–Kier alpha value is -2.80. The van der Waals surface area contributed by atoms with Crippen LogP contribution < -0.4 is 5.32 Å². The van der Waals surface area contributed by atoms with Crippen molar-refractivity contribution in [3.05, 3.63) is 60.2 Å². The van der Waals surface area contributed by atoms with Crippen LogP contribution in [0.5, 0.6) is 0 Å². The molecule has 1 aliphatic heterocycles. The number of esters is 1. The van der Waals surface area contributed by atoms with Gasteiger partial charge in [0.15, 0.2) is 6.10 Å². The minimum Gasteiger partial charge on any atom is -0.452 e. The number of carbonyl (C=O) groups is 3. The zero-order valence-electron chi connectivity index (χ0n) is 17.2. The molecule has 2 unspecified atom stereocenters. The molecule has 1 aliphatic rings. The molecular weight excluding hydrogens is 400 g/mol. The largest absolute Gasteiger partial charge is 0.452 e. The number of hydrogen-bond donors (Lipinski definition) is 1. The average Bonchev–Trinajstić information content (AvgIpc) is 3.14. The van der Waals surface area contributed by atoms with E-state index in [-0.39, 0.29) is 12.3 Å². The summed E-state index contributed by atoms with van der Waals surface area (Å²) in [6.45, 7) is 2.43. The normalized spacial score (nSPS) is 16.9. The van der Waals surface area contributed by atoms with E-state index in [4.69, 9.17) is 4.74 Å². The van der Waals surface area contributed by atoms with Crippen molar-refractivity contribution in [3.8, 4) is 0 Å². The van der Waals surface area contributed by atoms with Gasteiger partial charge >= 0.3 is 5.97 Å². The van der Waals surface area contributed by atoms with E-state index in [2.05, 4.69) is 5.32 Å². The van der Waals surface area contributed by atoms with Crippen LogP contribution in [0.3, 0.4) is 0 Å². The summed E-state index contributed by atoms with van der Waals surface area (Å²) in [4.78, 5) is 39.9. The van der Waals surface area contributed by atoms with E-state index in [1.807, 2.05) is 54.8 Å². The van der Waals surface area contributed by atoms with E-state index >= 15 is 0 Å². The molecule has 1 N–H and O–H groups in total. The number of nitrogens with one attached hydrogen (secondary N) is 1. The first-order valence-corrected chi connectivity index (χ1v) is 11.2. The van der Waals surface area contributed by atoms with Crippen LogP contribution in [0.2, 0.25) is 0 Å². The van der Waals surface area contributed by atoms with Crippen LogP contribution in [0.15, 0.2) is 59.5 Å². The fourth-order valence-electron chi connectivity index (χ4n) is 3.36. The predicted molar refractivity (Wildman–Crippen MR) is 117 cm³/mol. The fraction of sp³-hybridized carbons (Fsp3) is 0.348. The standard InChI is InChI=1S/C23H26N2O4S/c1-16(22(27)24-19-10-6-7-11-20(19)30-2)29-23(28)18-14-21(26)25(15-18)13-12-17-8-4-3-5-9-17/h3-11,16,18H,12-15H2,1-2H3,(H,24,27). The van der Waals surface area contributed by atoms with Gasteiger partial charge in [-0.3, -0.25) is 14.4 Å². The van der Waals surface area contributed by atoms with Crippen molar-refractivity contribution in [1.82, 2.24) is 4.90 Å². The third-order valence-corrected chi connectivity index (χ3v) is 5.88. The molecule has 158 valence electrons. The van der Waals surface area contributed by atoms with Crippen molar-refractivity contribution in [3.63, 3.8) is 0 Å². The second kappa shape index (κ2) is 10.3. The van der Waals surface area contributed by atoms with Gasteiger partial charge in [0.2, 0.25) is 5.91 Å². The molecule has 0 aliphatic carbocycles. The van der Waals surface area contributed by atoms with E-state index in [1.165, 1.54) is 11.8 Å². The number of benzene rings is 2. The highest BCUT2D eigenvalue weighted by atomic mass is 32.2. The number of nitrogens with zero attached hydrogens (tertiary/aromatic N) is 1. The SMILES string of the molecule is CSc1ccccc1NC(=O)C(C)OC(=O)C1CC(=O)N(CCc2ccccc2)C1. The lowest BCUT2D eigenvalue weighted by Crippen LogP contribution is -2.33. The zero-order valence-corrected chi connectivity index (χ0v) is 18.0. The molecule has 0 saturated carbocycles. The molecule has 3 rings (SSSR count). The second-order valence-corrected chi connectivity index (χ2v) is 8.09. The molecule has 1 saturated heterocycles. The summed E-state index contributed by atoms with van der Waals surface area (Å²) in [5, 5.41) is 2.80. The van der Waals surface area contributed by atoms with Crippen molar-refractivity contribution in [2.24, 2.45) is 5.92 Å². The number of anilines is 1. The van der Waals surface area contributed by atoms with Gasteiger partial charge < -0.3 is 15.0 Å². The van der Waals surface area contributed by atoms with E-state index in [0.29, 0.717) is 18.8 Å². The van der Waals surface area contributed by atoms with Gasteiger partial charge in [-0.15, -0.1) is 11.8 Å². The van der Waals surface area contributed by atoms with Crippen molar-refractivity contribution < 1.29 is 19.1 Å². The maximum Gasteiger partial charge on any atom is 0.312 e. The smallest absolute Gasteiger partial charge is 0.312 e. The van der Waals surface area contributed by atoms with E-state index < -0.39 is 23.9 Å². The Labute approximate surface area is 181 Å². The van der Waals surface area contributed by atoms with Crippen molar-refractivity contribution in [2.75, 3.05) is 24.7 Å². The molecule has 2 amide bonds. The quantitative estimate of drug-likeness (QED) is 0.517. The van der Waals surface area contributed by atoms with Crippen LogP contribution in [0.25, 0.3) is 0 Å². The van der Waals surface area contributed by atoms with Crippen molar-refractivity contribution in [1.29, 1.82) is 0 Å². The third-order valence-electron chi connectivity index (χ3n) is 5.09. The Morgan fingerprint density at radius 2 is 1.87 bits per heavy atom. The number of thioether (sulfide) groups is 1. The van der Waals surface area contributed by atoms with Crippen LogP contribution >= 0.6 is 11.8 Å². The van der Waals surface area contributed by atoms with Gasteiger partial charge in [0.25, 0.3) is 5.91 Å². The average molecular weight is 427 g/mol. The van der Waals surface area contributed by atoms with E-state index in [0.717, 1.165) is 16.9 Å².